The van der Waals surface area contributed by atoms with Crippen LogP contribution in [0.1, 0.15) is 30.5 Å². The summed E-state index contributed by atoms with van der Waals surface area (Å²) in [7, 11) is -0.982. The highest BCUT2D eigenvalue weighted by molar-refractivity contribution is 7.89. The molecule has 0 atom stereocenters. The number of fused-ring (bicyclic) bond motifs is 1. The minimum Gasteiger partial charge on any atom is -0.497 e. The van der Waals surface area contributed by atoms with Crippen LogP contribution in [-0.2, 0) is 40.9 Å². The van der Waals surface area contributed by atoms with Crippen molar-refractivity contribution in [3.8, 4) is 11.5 Å². The van der Waals surface area contributed by atoms with Crippen molar-refractivity contribution >= 4 is 44.1 Å². The lowest BCUT2D eigenvalue weighted by Gasteiger charge is -2.24. The molecule has 0 saturated carbocycles. The third-order valence-electron chi connectivity index (χ3n) is 7.51. The molecule has 4 aromatic carbocycles. The molecule has 46 heavy (non-hydrogen) atoms. The maximum Gasteiger partial charge on any atom is 0.244 e. The average molecular weight is 661 g/mol. The summed E-state index contributed by atoms with van der Waals surface area (Å²) >= 11 is 6.30. The molecule has 0 bridgehead atoms. The Balaban J connectivity index is 1.58. The number of rotatable bonds is 13. The molecule has 1 aromatic heterocycles. The van der Waals surface area contributed by atoms with E-state index in [1.54, 1.807) is 73.6 Å². The van der Waals surface area contributed by atoms with Gasteiger partial charge < -0.3 is 14.8 Å². The first-order valence-corrected chi connectivity index (χ1v) is 16.7. The van der Waals surface area contributed by atoms with Gasteiger partial charge in [0.05, 0.1) is 37.2 Å². The molecule has 0 radical (unpaired) electrons. The van der Waals surface area contributed by atoms with E-state index in [0.717, 1.165) is 11.1 Å². The molecule has 1 heterocycles. The molecular weight excluding hydrogens is 624 g/mol. The molecule has 1 N–H and O–H groups in total. The van der Waals surface area contributed by atoms with Crippen molar-refractivity contribution in [2.24, 2.45) is 5.92 Å². The minimum atomic E-state index is -4.15. The van der Waals surface area contributed by atoms with Crippen LogP contribution in [-0.4, -0.2) is 42.6 Å². The van der Waals surface area contributed by atoms with Crippen LogP contribution in [0.25, 0.3) is 10.9 Å². The number of carbonyl (C=O) groups is 1. The van der Waals surface area contributed by atoms with Gasteiger partial charge in [-0.05, 0) is 65.1 Å². The van der Waals surface area contributed by atoms with E-state index in [2.05, 4.69) is 24.3 Å². The molecule has 9 nitrogen and oxygen atoms in total. The molecule has 0 aliphatic carbocycles. The molecule has 11 heteroatoms. The van der Waals surface area contributed by atoms with Crippen molar-refractivity contribution in [3.63, 3.8) is 0 Å². The summed E-state index contributed by atoms with van der Waals surface area (Å²) in [6.45, 7) is 4.89. The maximum absolute atomic E-state index is 14.7. The summed E-state index contributed by atoms with van der Waals surface area (Å²) in [5.74, 6) is 1.28. The highest BCUT2D eigenvalue weighted by atomic mass is 35.5. The first-order valence-electron chi connectivity index (χ1n) is 14.9. The number of aromatic nitrogens is 2. The van der Waals surface area contributed by atoms with E-state index in [4.69, 9.17) is 21.1 Å². The largest absolute Gasteiger partial charge is 0.497 e. The van der Waals surface area contributed by atoms with Crippen LogP contribution < -0.4 is 14.8 Å². The predicted molar refractivity (Wildman–Crippen MR) is 181 cm³/mol. The Morgan fingerprint density at radius 2 is 1.50 bits per heavy atom. The molecule has 0 fully saturated rings. The van der Waals surface area contributed by atoms with Crippen molar-refractivity contribution in [3.05, 3.63) is 113 Å². The van der Waals surface area contributed by atoms with Crippen LogP contribution in [0.15, 0.2) is 96.0 Å². The first-order chi connectivity index (χ1) is 22.1. The van der Waals surface area contributed by atoms with Gasteiger partial charge in [0.2, 0.25) is 15.9 Å². The second-order valence-electron chi connectivity index (χ2n) is 11.4. The van der Waals surface area contributed by atoms with Crippen LogP contribution in [0.2, 0.25) is 5.02 Å². The normalized spacial score (nSPS) is 11.7. The Labute approximate surface area is 274 Å². The number of anilines is 1. The second-order valence-corrected chi connectivity index (χ2v) is 13.7. The summed E-state index contributed by atoms with van der Waals surface area (Å²) in [5.41, 5.74) is 3.20. The van der Waals surface area contributed by atoms with Crippen molar-refractivity contribution in [2.75, 3.05) is 19.5 Å². The predicted octanol–water partition coefficient (Wildman–Crippen LogP) is 6.94. The topological polar surface area (TPSA) is 103 Å². The molecule has 240 valence electrons. The molecule has 1 amide bonds. The molecule has 0 aliphatic rings. The Kier molecular flexibility index (Phi) is 10.3. The van der Waals surface area contributed by atoms with Crippen molar-refractivity contribution in [1.82, 2.24) is 14.1 Å². The number of sulfonamides is 1. The minimum absolute atomic E-state index is 0.0338. The van der Waals surface area contributed by atoms with Gasteiger partial charge in [0.1, 0.15) is 11.5 Å². The number of benzene rings is 4. The molecule has 0 spiro atoms. The van der Waals surface area contributed by atoms with Gasteiger partial charge in [-0.2, -0.15) is 9.40 Å². The van der Waals surface area contributed by atoms with E-state index >= 15 is 0 Å². The van der Waals surface area contributed by atoms with Gasteiger partial charge in [0.25, 0.3) is 0 Å². The Hall–Kier alpha value is -4.38. The number of ether oxygens (including phenoxy) is 2. The van der Waals surface area contributed by atoms with Crippen LogP contribution in [0.5, 0.6) is 11.5 Å². The Morgan fingerprint density at radius 3 is 2.04 bits per heavy atom. The molecule has 5 aromatic rings. The van der Waals surface area contributed by atoms with Crippen LogP contribution in [0, 0.1) is 5.92 Å². The zero-order valence-corrected chi connectivity index (χ0v) is 27.8. The average Bonchev–Trinajstić information content (AvgIpc) is 3.43. The number of methoxy groups -OCH3 is 2. The summed E-state index contributed by atoms with van der Waals surface area (Å²) in [6.07, 6.45) is 1.62. The molecular formula is C35H37ClN4O5S. The summed E-state index contributed by atoms with van der Waals surface area (Å²) in [4.78, 5) is 13.2. The van der Waals surface area contributed by atoms with Gasteiger partial charge in [0, 0.05) is 35.7 Å². The van der Waals surface area contributed by atoms with Crippen LogP contribution in [0.3, 0.4) is 0 Å². The highest BCUT2D eigenvalue weighted by Crippen LogP contribution is 2.32. The Bertz CT molecular complexity index is 1870. The van der Waals surface area contributed by atoms with E-state index in [9.17, 15) is 13.2 Å². The van der Waals surface area contributed by atoms with Gasteiger partial charge in [-0.15, -0.1) is 0 Å². The van der Waals surface area contributed by atoms with Gasteiger partial charge >= 0.3 is 0 Å². The monoisotopic (exact) mass is 660 g/mol. The van der Waals surface area contributed by atoms with Crippen molar-refractivity contribution < 1.29 is 22.7 Å². The van der Waals surface area contributed by atoms with E-state index < -0.39 is 10.0 Å². The van der Waals surface area contributed by atoms with Crippen molar-refractivity contribution in [2.45, 2.75) is 44.8 Å². The van der Waals surface area contributed by atoms with Crippen LogP contribution >= 0.6 is 11.6 Å². The fourth-order valence-electron chi connectivity index (χ4n) is 5.18. The van der Waals surface area contributed by atoms with Crippen LogP contribution in [0.4, 0.5) is 5.69 Å². The first kappa shape index (κ1) is 33.0. The van der Waals surface area contributed by atoms with Gasteiger partial charge in [-0.1, -0.05) is 67.9 Å². The summed E-state index contributed by atoms with van der Waals surface area (Å²) in [6, 6.07) is 25.0. The maximum atomic E-state index is 14.7. The number of carbonyl (C=O) groups excluding carboxylic acids is 1. The fourth-order valence-corrected chi connectivity index (χ4v) is 7.01. The van der Waals surface area contributed by atoms with E-state index in [0.29, 0.717) is 45.2 Å². The van der Waals surface area contributed by atoms with Gasteiger partial charge in [0.15, 0.2) is 0 Å². The van der Waals surface area contributed by atoms with E-state index in [-0.39, 0.29) is 36.2 Å². The van der Waals surface area contributed by atoms with Crippen molar-refractivity contribution in [1.29, 1.82) is 0 Å². The molecule has 5 rings (SSSR count). The summed E-state index contributed by atoms with van der Waals surface area (Å²) < 4.78 is 43.2. The lowest BCUT2D eigenvalue weighted by molar-refractivity contribution is -0.115. The van der Waals surface area contributed by atoms with E-state index in [1.165, 1.54) is 10.4 Å². The van der Waals surface area contributed by atoms with E-state index in [1.807, 2.05) is 30.3 Å². The second kappa shape index (κ2) is 14.4. The van der Waals surface area contributed by atoms with Gasteiger partial charge in [-0.3, -0.25) is 9.48 Å². The number of nitrogens with one attached hydrogen (secondary N) is 1. The lowest BCUT2D eigenvalue weighted by Crippen LogP contribution is -2.30. The fraction of sp³-hybridized carbons (Fsp3) is 0.257. The lowest BCUT2D eigenvalue weighted by atomic mass is 10.1. The quantitative estimate of drug-likeness (QED) is 0.147. The zero-order chi connectivity index (χ0) is 32.8. The molecule has 0 saturated heterocycles. The number of nitrogens with zero attached hydrogens (tertiary/aromatic N) is 3. The molecule has 0 unspecified atom stereocenters. The Morgan fingerprint density at radius 1 is 0.913 bits per heavy atom. The number of hydrogen-bond acceptors (Lipinski definition) is 6. The zero-order valence-electron chi connectivity index (χ0n) is 26.2. The summed E-state index contributed by atoms with van der Waals surface area (Å²) in [5, 5.41) is 8.41. The smallest absolute Gasteiger partial charge is 0.244 e. The SMILES string of the molecule is COc1ccc(CN(Cc2ccc(OC)cc2)S(=O)(=O)c2cc(NC(=O)Cc3ccccc3Cl)cc3c2cnn3CC(C)C)cc1. The van der Waals surface area contributed by atoms with Gasteiger partial charge in [-0.25, -0.2) is 8.42 Å². The number of hydrogen-bond donors (Lipinski definition) is 1. The number of halogens is 1. The third-order valence-corrected chi connectivity index (χ3v) is 9.71. The number of amides is 1. The molecule has 0 aliphatic heterocycles. The third kappa shape index (κ3) is 7.70. The standard InChI is InChI=1S/C35H37ClN4O5S/c1-24(2)21-40-33-18-28(38-35(41)17-27-7-5-6-8-32(27)36)19-34(31(33)20-37-40)46(42,43)39(22-25-9-13-29(44-3)14-10-25)23-26-11-15-30(45-4)16-12-26/h5-16,18-20,24H,17,21-23H2,1-4H3,(H,38,41). The highest BCUT2D eigenvalue weighted by Gasteiger charge is 2.29.